The Bertz CT molecular complexity index is 2220. The number of hydrogen-bond donors (Lipinski definition) is 7. The number of esters is 3. The first kappa shape index (κ1) is 60.7. The molecular formula is C52H74Cl2O18. The van der Waals surface area contributed by atoms with Crippen molar-refractivity contribution in [2.24, 2.45) is 11.8 Å². The summed E-state index contributed by atoms with van der Waals surface area (Å²) in [7, 11) is 1.26. The summed E-state index contributed by atoms with van der Waals surface area (Å²) in [6.45, 7) is 18.1. The number of carbonyl (C=O) groups is 3. The molecule has 1 aromatic carbocycles. The molecule has 404 valence electrons. The molecule has 0 saturated carbocycles. The minimum atomic E-state index is -1.61. The van der Waals surface area contributed by atoms with Gasteiger partial charge in [0, 0.05) is 19.4 Å². The van der Waals surface area contributed by atoms with Gasteiger partial charge in [-0.2, -0.15) is 0 Å². The molecule has 2 saturated heterocycles. The van der Waals surface area contributed by atoms with Gasteiger partial charge in [0.2, 0.25) is 0 Å². The van der Waals surface area contributed by atoms with E-state index in [1.54, 1.807) is 53.7 Å². The Morgan fingerprint density at radius 2 is 1.57 bits per heavy atom. The van der Waals surface area contributed by atoms with Crippen molar-refractivity contribution in [3.8, 4) is 11.5 Å². The van der Waals surface area contributed by atoms with Crippen molar-refractivity contribution in [1.82, 2.24) is 0 Å². The van der Waals surface area contributed by atoms with Gasteiger partial charge in [-0.1, -0.05) is 86.9 Å². The minimum Gasteiger partial charge on any atom is -0.505 e. The summed E-state index contributed by atoms with van der Waals surface area (Å²) < 4.78 is 47.5. The summed E-state index contributed by atoms with van der Waals surface area (Å²) in [5, 5.41) is 76.5. The van der Waals surface area contributed by atoms with Crippen molar-refractivity contribution in [1.29, 1.82) is 0 Å². The fourth-order valence-corrected chi connectivity index (χ4v) is 9.16. The van der Waals surface area contributed by atoms with Crippen molar-refractivity contribution in [3.63, 3.8) is 0 Å². The number of benzene rings is 1. The molecule has 1 aromatic rings. The lowest BCUT2D eigenvalue weighted by Gasteiger charge is -2.47. The molecule has 7 N–H and O–H groups in total. The summed E-state index contributed by atoms with van der Waals surface area (Å²) in [6, 6.07) is 0. The molecule has 0 radical (unpaired) electrons. The van der Waals surface area contributed by atoms with Crippen LogP contribution in [0.3, 0.4) is 0 Å². The van der Waals surface area contributed by atoms with Gasteiger partial charge in [0.1, 0.15) is 46.7 Å². The number of rotatable bonds is 13. The van der Waals surface area contributed by atoms with E-state index in [4.69, 9.17) is 61.1 Å². The SMILES string of the molecule is CCc1c(Cl)c(O)c(Cl)c(O)c1C(=O)O[C@@H]1C(C)O[C@@H](OC/C2=C\C=C\C[C@H](O)/C(C)=C/C(CC)[C@@H](O[C@@H]3OC(C)(C)[C@@H](OC(=O)C(C)C)C(O)[C@@H]3O)/C(C)=C/C(C)=C/C[C@@H]([C@@H](C)O)OC2=O)[C@H](OC)[C@H]1O. The number of aliphatic hydroxyl groups is 5. The maximum absolute atomic E-state index is 13.9. The lowest BCUT2D eigenvalue weighted by Crippen LogP contribution is -2.64. The number of ether oxygens (including phenoxy) is 8. The van der Waals surface area contributed by atoms with E-state index in [9.17, 15) is 50.1 Å². The van der Waals surface area contributed by atoms with Gasteiger partial charge in [-0.05, 0) is 90.5 Å². The zero-order chi connectivity index (χ0) is 54.1. The molecule has 4 rings (SSSR count). The van der Waals surface area contributed by atoms with Gasteiger partial charge in [-0.25, -0.2) is 9.59 Å². The van der Waals surface area contributed by atoms with E-state index in [-0.39, 0.29) is 35.4 Å². The lowest BCUT2D eigenvalue weighted by molar-refractivity contribution is -0.333. The first-order chi connectivity index (χ1) is 33.7. The Hall–Kier alpha value is -3.89. The fraction of sp³-hybridized carbons (Fsp3) is 0.635. The summed E-state index contributed by atoms with van der Waals surface area (Å²) in [5.74, 6) is -4.78. The Morgan fingerprint density at radius 1 is 0.903 bits per heavy atom. The minimum absolute atomic E-state index is 0.0372. The zero-order valence-electron chi connectivity index (χ0n) is 43.0. The highest BCUT2D eigenvalue weighted by molar-refractivity contribution is 6.39. The van der Waals surface area contributed by atoms with Gasteiger partial charge in [-0.15, -0.1) is 0 Å². The largest absolute Gasteiger partial charge is 0.505 e. The van der Waals surface area contributed by atoms with E-state index in [0.717, 1.165) is 0 Å². The van der Waals surface area contributed by atoms with Crippen LogP contribution in [0.5, 0.6) is 11.5 Å². The second kappa shape index (κ2) is 26.5. The quantitative estimate of drug-likeness (QED) is 0.0655. The molecule has 3 heterocycles. The van der Waals surface area contributed by atoms with Gasteiger partial charge in [0.05, 0.1) is 47.5 Å². The summed E-state index contributed by atoms with van der Waals surface area (Å²) >= 11 is 12.3. The molecule has 0 bridgehead atoms. The Morgan fingerprint density at radius 3 is 2.17 bits per heavy atom. The lowest BCUT2D eigenvalue weighted by atomic mass is 9.88. The molecule has 0 spiro atoms. The van der Waals surface area contributed by atoms with Crippen molar-refractivity contribution < 1.29 is 88.0 Å². The number of phenolic OH excluding ortho intramolecular Hbond substituents is 2. The van der Waals surface area contributed by atoms with Crippen molar-refractivity contribution in [2.45, 2.75) is 187 Å². The number of allylic oxidation sites excluding steroid dienone is 4. The Kier molecular flexibility index (Phi) is 22.4. The molecule has 0 aliphatic carbocycles. The molecule has 0 aromatic heterocycles. The van der Waals surface area contributed by atoms with Crippen LogP contribution in [0.15, 0.2) is 58.7 Å². The number of hydrogen-bond acceptors (Lipinski definition) is 18. The molecule has 0 amide bonds. The number of carbonyl (C=O) groups excluding carboxylic acids is 3. The topological polar surface area (TPSA) is 267 Å². The average molecular weight is 1060 g/mol. The Balaban J connectivity index is 1.61. The van der Waals surface area contributed by atoms with Gasteiger partial charge in [0.25, 0.3) is 0 Å². The maximum Gasteiger partial charge on any atom is 0.342 e. The van der Waals surface area contributed by atoms with Gasteiger partial charge < -0.3 is 73.6 Å². The Labute approximate surface area is 431 Å². The van der Waals surface area contributed by atoms with Crippen molar-refractivity contribution >= 4 is 41.1 Å². The third kappa shape index (κ3) is 14.7. The first-order valence-corrected chi connectivity index (χ1v) is 24.9. The summed E-state index contributed by atoms with van der Waals surface area (Å²) in [6.07, 6.45) is -5.45. The standard InChI is InChI=1S/C52H74Cl2O18/c1-13-30-22-26(6)33(56)18-16-15-17-31(23-66-51-45(65-12)42(61)44(29(9)67-51)69-49(64)35-32(14-2)36(53)39(58)37(54)38(35)57)48(63)68-34(28(8)55)20-19-25(5)21-27(7)43(30)70-50-41(60)40(59)46(52(10,11)72-50)71-47(62)24(3)4/h15-17,19,21-22,24,28-30,33-34,40-46,50-51,55-61H,13-14,18,20,23H2,1-12H3/b16-15+,25-19+,26-22+,27-21+,31-17+/t28-,29?,30?,33+,34+,40?,41+,42+,43+,44-,45-,46+,50-,51-/m1/s1. The molecule has 72 heavy (non-hydrogen) atoms. The van der Waals surface area contributed by atoms with Crippen LogP contribution in [0.25, 0.3) is 0 Å². The van der Waals surface area contributed by atoms with E-state index in [2.05, 4.69) is 0 Å². The summed E-state index contributed by atoms with van der Waals surface area (Å²) in [4.78, 5) is 40.0. The second-order valence-corrected chi connectivity index (χ2v) is 20.1. The maximum atomic E-state index is 13.9. The molecule has 14 atom stereocenters. The smallest absolute Gasteiger partial charge is 0.342 e. The highest BCUT2D eigenvalue weighted by atomic mass is 35.5. The molecule has 20 heteroatoms. The van der Waals surface area contributed by atoms with Crippen molar-refractivity contribution in [2.75, 3.05) is 13.7 Å². The number of aliphatic hydroxyl groups excluding tert-OH is 5. The molecular weight excluding hydrogens is 983 g/mol. The van der Waals surface area contributed by atoms with Gasteiger partial charge >= 0.3 is 17.9 Å². The van der Waals surface area contributed by atoms with Crippen LogP contribution in [0.1, 0.15) is 111 Å². The normalized spacial score (nSPS) is 34.8. The van der Waals surface area contributed by atoms with Crippen LogP contribution in [0.4, 0.5) is 0 Å². The molecule has 2 fully saturated rings. The van der Waals surface area contributed by atoms with Crippen LogP contribution in [0, 0.1) is 11.8 Å². The third-order valence-corrected chi connectivity index (χ3v) is 13.8. The second-order valence-electron chi connectivity index (χ2n) is 19.4. The third-order valence-electron chi connectivity index (χ3n) is 13.0. The zero-order valence-corrected chi connectivity index (χ0v) is 44.5. The number of cyclic esters (lactones) is 1. The van der Waals surface area contributed by atoms with E-state index in [1.165, 1.54) is 33.1 Å². The van der Waals surface area contributed by atoms with Gasteiger partial charge in [-0.3, -0.25) is 4.79 Å². The molecule has 18 nitrogen and oxygen atoms in total. The highest BCUT2D eigenvalue weighted by Crippen LogP contribution is 2.45. The molecule has 3 aliphatic rings. The predicted octanol–water partition coefficient (Wildman–Crippen LogP) is 6.23. The van der Waals surface area contributed by atoms with Crippen molar-refractivity contribution in [3.05, 3.63) is 79.9 Å². The number of aromatic hydroxyl groups is 2. The van der Waals surface area contributed by atoms with Crippen LogP contribution >= 0.6 is 23.2 Å². The van der Waals surface area contributed by atoms with Crippen LogP contribution < -0.4 is 0 Å². The molecule has 3 unspecified atom stereocenters. The van der Waals surface area contributed by atoms with Gasteiger partial charge in [0.15, 0.2) is 36.3 Å². The van der Waals surface area contributed by atoms with Crippen LogP contribution in [-0.4, -0.2) is 153 Å². The van der Waals surface area contributed by atoms with Crippen LogP contribution in [-0.2, 0) is 53.9 Å². The van der Waals surface area contributed by atoms with Crippen LogP contribution in [0.2, 0.25) is 10.0 Å². The highest BCUT2D eigenvalue weighted by Gasteiger charge is 2.53. The monoisotopic (exact) mass is 1060 g/mol. The number of methoxy groups -OCH3 is 1. The van der Waals surface area contributed by atoms with E-state index in [0.29, 0.717) is 23.1 Å². The van der Waals surface area contributed by atoms with E-state index >= 15 is 0 Å². The predicted molar refractivity (Wildman–Crippen MR) is 265 cm³/mol. The van der Waals surface area contributed by atoms with E-state index < -0.39 is 144 Å². The first-order valence-electron chi connectivity index (χ1n) is 24.2. The van der Waals surface area contributed by atoms with E-state index in [1.807, 2.05) is 32.9 Å². The number of halogens is 2. The average Bonchev–Trinajstić information content (AvgIpc) is 3.32. The summed E-state index contributed by atoms with van der Waals surface area (Å²) in [5.41, 5.74) is 0.318. The number of phenols is 2. The fourth-order valence-electron chi connectivity index (χ4n) is 8.60. The molecule has 3 aliphatic heterocycles.